The minimum atomic E-state index is -4.75. The second-order valence-corrected chi connectivity index (χ2v) is 3.73. The van der Waals surface area contributed by atoms with Crippen molar-refractivity contribution in [2.45, 2.75) is 25.3 Å². The average molecular weight is 261 g/mol. The monoisotopic (exact) mass is 261 g/mol. The van der Waals surface area contributed by atoms with Crippen LogP contribution in [0.25, 0.3) is 6.08 Å². The van der Waals surface area contributed by atoms with Crippen molar-refractivity contribution in [1.29, 1.82) is 0 Å². The van der Waals surface area contributed by atoms with Crippen LogP contribution in [0.3, 0.4) is 0 Å². The number of aliphatic hydroxyl groups excluding tert-OH is 1. The molecule has 0 saturated heterocycles. The first-order valence-electron chi connectivity index (χ1n) is 5.94. The van der Waals surface area contributed by atoms with E-state index in [1.807, 2.05) is 6.07 Å². The van der Waals surface area contributed by atoms with Gasteiger partial charge in [0, 0.05) is 0 Å². The summed E-state index contributed by atoms with van der Waals surface area (Å²) < 4.78 is 48.8. The predicted octanol–water partition coefficient (Wildman–Crippen LogP) is 3.03. The fourth-order valence-electron chi connectivity index (χ4n) is 1.22. The Morgan fingerprint density at radius 3 is 2.56 bits per heavy atom. The molecule has 0 fully saturated rings. The van der Waals surface area contributed by atoms with Crippen LogP contribution in [0.5, 0.6) is 0 Å². The van der Waals surface area contributed by atoms with Crippen molar-refractivity contribution in [2.75, 3.05) is 6.58 Å². The number of rotatable bonds is 5. The SMILES string of the molecule is [2H][C@H](/C=C/c1ccccc1)O[C@@H](C)[C@H](O)C(F)(F)F. The van der Waals surface area contributed by atoms with Gasteiger partial charge in [0.1, 0.15) is 0 Å². The minimum Gasteiger partial charge on any atom is -0.381 e. The molecule has 0 aliphatic rings. The van der Waals surface area contributed by atoms with Crippen molar-refractivity contribution >= 4 is 6.08 Å². The molecular weight excluding hydrogens is 245 g/mol. The second kappa shape index (κ2) is 6.56. The topological polar surface area (TPSA) is 29.5 Å². The standard InChI is InChI=1S/C13H15F3O2/c1-10(12(17)13(14,15)16)18-9-5-8-11-6-3-2-4-7-11/h2-8,10,12,17H,9H2,1H3/b8-5+/t10-,12-/m0/s1/i9D/t9-,10+,12+/m1. The number of alkyl halides is 3. The smallest absolute Gasteiger partial charge is 0.381 e. The first-order valence-corrected chi connectivity index (χ1v) is 5.36. The number of hydrogen-bond acceptors (Lipinski definition) is 2. The van der Waals surface area contributed by atoms with E-state index in [0.29, 0.717) is 0 Å². The fourth-order valence-corrected chi connectivity index (χ4v) is 1.22. The van der Waals surface area contributed by atoms with Gasteiger partial charge in [-0.25, -0.2) is 0 Å². The van der Waals surface area contributed by atoms with E-state index < -0.39 is 25.0 Å². The van der Waals surface area contributed by atoms with Gasteiger partial charge in [0.15, 0.2) is 6.10 Å². The highest BCUT2D eigenvalue weighted by Crippen LogP contribution is 2.23. The van der Waals surface area contributed by atoms with Crippen molar-refractivity contribution in [3.8, 4) is 0 Å². The quantitative estimate of drug-likeness (QED) is 0.882. The number of ether oxygens (including phenoxy) is 1. The van der Waals surface area contributed by atoms with E-state index in [0.717, 1.165) is 12.5 Å². The summed E-state index contributed by atoms with van der Waals surface area (Å²) in [6.45, 7) is -0.192. The van der Waals surface area contributed by atoms with E-state index in [-0.39, 0.29) is 0 Å². The largest absolute Gasteiger partial charge is 0.416 e. The fraction of sp³-hybridized carbons (Fsp3) is 0.385. The lowest BCUT2D eigenvalue weighted by Gasteiger charge is -2.20. The molecule has 1 aromatic rings. The van der Waals surface area contributed by atoms with Crippen molar-refractivity contribution in [2.24, 2.45) is 0 Å². The van der Waals surface area contributed by atoms with Gasteiger partial charge in [-0.1, -0.05) is 42.5 Å². The third-order valence-corrected chi connectivity index (χ3v) is 2.24. The molecule has 1 rings (SSSR count). The van der Waals surface area contributed by atoms with Crippen LogP contribution in [0.4, 0.5) is 13.2 Å². The number of hydrogen-bond donors (Lipinski definition) is 1. The van der Waals surface area contributed by atoms with Gasteiger partial charge < -0.3 is 9.84 Å². The van der Waals surface area contributed by atoms with Crippen LogP contribution in [0.2, 0.25) is 0 Å². The summed E-state index contributed by atoms with van der Waals surface area (Å²) in [4.78, 5) is 0. The minimum absolute atomic E-state index is 0.812. The van der Waals surface area contributed by atoms with Crippen molar-refractivity contribution in [1.82, 2.24) is 0 Å². The van der Waals surface area contributed by atoms with Gasteiger partial charge in [0.25, 0.3) is 0 Å². The highest BCUT2D eigenvalue weighted by molar-refractivity contribution is 5.48. The maximum absolute atomic E-state index is 12.2. The Bertz CT molecular complexity index is 406. The number of benzene rings is 1. The van der Waals surface area contributed by atoms with Crippen LogP contribution in [-0.2, 0) is 4.74 Å². The summed E-state index contributed by atoms with van der Waals surface area (Å²) in [6.07, 6.45) is -5.95. The maximum atomic E-state index is 12.2. The van der Waals surface area contributed by atoms with Crippen LogP contribution in [0.15, 0.2) is 36.4 Å². The van der Waals surface area contributed by atoms with Gasteiger partial charge in [0.2, 0.25) is 0 Å². The molecule has 0 aromatic heterocycles. The number of halogens is 3. The Morgan fingerprint density at radius 1 is 1.39 bits per heavy atom. The molecule has 3 atom stereocenters. The molecule has 2 nitrogen and oxygen atoms in total. The zero-order valence-electron chi connectivity index (χ0n) is 10.8. The van der Waals surface area contributed by atoms with E-state index in [1.165, 1.54) is 6.08 Å². The van der Waals surface area contributed by atoms with Crippen LogP contribution in [-0.4, -0.2) is 30.1 Å². The molecule has 100 valence electrons. The van der Waals surface area contributed by atoms with Gasteiger partial charge in [-0.2, -0.15) is 13.2 Å². The molecule has 1 aromatic carbocycles. The van der Waals surface area contributed by atoms with Crippen LogP contribution in [0, 0.1) is 0 Å². The Labute approximate surface area is 105 Å². The third-order valence-electron chi connectivity index (χ3n) is 2.24. The third kappa shape index (κ3) is 4.89. The molecule has 0 heterocycles. The van der Waals surface area contributed by atoms with Gasteiger partial charge in [-0.05, 0) is 12.5 Å². The number of aliphatic hydroxyl groups is 1. The highest BCUT2D eigenvalue weighted by atomic mass is 19.4. The lowest BCUT2D eigenvalue weighted by molar-refractivity contribution is -0.232. The molecule has 0 bridgehead atoms. The van der Waals surface area contributed by atoms with Crippen LogP contribution in [0.1, 0.15) is 13.9 Å². The zero-order valence-corrected chi connectivity index (χ0v) is 9.76. The Balaban J connectivity index is 2.51. The molecular formula is C13H15F3O2. The zero-order chi connectivity index (χ0) is 14.5. The molecule has 0 aliphatic heterocycles. The van der Waals surface area contributed by atoms with E-state index in [2.05, 4.69) is 0 Å². The first kappa shape index (κ1) is 13.1. The summed E-state index contributed by atoms with van der Waals surface area (Å²) in [6, 6.07) is 9.01. The van der Waals surface area contributed by atoms with Crippen LogP contribution >= 0.6 is 0 Å². The second-order valence-electron chi connectivity index (χ2n) is 3.73. The summed E-state index contributed by atoms with van der Waals surface area (Å²) in [5, 5.41) is 8.93. The Hall–Kier alpha value is -1.33. The van der Waals surface area contributed by atoms with E-state index in [1.54, 1.807) is 30.3 Å². The van der Waals surface area contributed by atoms with E-state index in [9.17, 15) is 13.2 Å². The summed E-state index contributed by atoms with van der Waals surface area (Å²) in [5.74, 6) is 0. The lowest BCUT2D eigenvalue weighted by Crippen LogP contribution is -2.39. The molecule has 0 saturated carbocycles. The summed E-state index contributed by atoms with van der Waals surface area (Å²) >= 11 is 0. The summed E-state index contributed by atoms with van der Waals surface area (Å²) in [7, 11) is 0. The molecule has 1 N–H and O–H groups in total. The normalized spacial score (nSPS) is 18.4. The van der Waals surface area contributed by atoms with Crippen molar-refractivity contribution in [3.63, 3.8) is 0 Å². The predicted molar refractivity (Wildman–Crippen MR) is 63.0 cm³/mol. The van der Waals surface area contributed by atoms with Gasteiger partial charge >= 0.3 is 6.18 Å². The van der Waals surface area contributed by atoms with E-state index >= 15 is 0 Å². The Morgan fingerprint density at radius 2 is 2.00 bits per heavy atom. The first-order chi connectivity index (χ1) is 8.80. The van der Waals surface area contributed by atoms with Gasteiger partial charge in [-0.15, -0.1) is 0 Å². The van der Waals surface area contributed by atoms with Gasteiger partial charge in [0.05, 0.1) is 14.1 Å². The van der Waals surface area contributed by atoms with Crippen LogP contribution < -0.4 is 0 Å². The Kier molecular flexibility index (Phi) is 4.78. The lowest BCUT2D eigenvalue weighted by atomic mass is 10.2. The molecule has 5 heteroatoms. The molecule has 0 unspecified atom stereocenters. The molecule has 18 heavy (non-hydrogen) atoms. The molecule has 0 radical (unpaired) electrons. The molecule has 0 aliphatic carbocycles. The van der Waals surface area contributed by atoms with Crippen molar-refractivity contribution < 1.29 is 24.4 Å². The molecule has 0 amide bonds. The maximum Gasteiger partial charge on any atom is 0.416 e. The van der Waals surface area contributed by atoms with E-state index in [4.69, 9.17) is 11.2 Å². The average Bonchev–Trinajstić information content (AvgIpc) is 2.35. The van der Waals surface area contributed by atoms with Gasteiger partial charge in [-0.3, -0.25) is 0 Å². The van der Waals surface area contributed by atoms with Crippen molar-refractivity contribution in [3.05, 3.63) is 42.0 Å². The summed E-state index contributed by atoms with van der Waals surface area (Å²) in [5.41, 5.74) is 0.812. The highest BCUT2D eigenvalue weighted by Gasteiger charge is 2.42. The molecule has 0 spiro atoms.